The van der Waals surface area contributed by atoms with Crippen molar-refractivity contribution in [1.82, 2.24) is 14.9 Å². The summed E-state index contributed by atoms with van der Waals surface area (Å²) in [5, 5.41) is 6.82. The molecule has 1 amide bonds. The Kier molecular flexibility index (Phi) is 8.86. The molecule has 1 aliphatic rings. The maximum Gasteiger partial charge on any atom is 0.421 e. The summed E-state index contributed by atoms with van der Waals surface area (Å²) < 4.78 is 45.9. The summed E-state index contributed by atoms with van der Waals surface area (Å²) in [6.45, 7) is 4.19. The number of hydrogen-bond donors (Lipinski definition) is 2. The van der Waals surface area contributed by atoms with Gasteiger partial charge in [-0.05, 0) is 42.3 Å². The van der Waals surface area contributed by atoms with Gasteiger partial charge in [-0.2, -0.15) is 18.2 Å². The van der Waals surface area contributed by atoms with Crippen LogP contribution < -0.4 is 15.9 Å². The largest absolute Gasteiger partial charge is 0.421 e. The van der Waals surface area contributed by atoms with Crippen LogP contribution in [0.1, 0.15) is 37.3 Å². The van der Waals surface area contributed by atoms with Gasteiger partial charge in [0.2, 0.25) is 11.9 Å². The minimum absolute atomic E-state index is 0.0472. The van der Waals surface area contributed by atoms with E-state index in [-0.39, 0.29) is 24.2 Å². The fourth-order valence-corrected chi connectivity index (χ4v) is 3.83. The highest BCUT2D eigenvalue weighted by atomic mass is 31.0. The third-order valence-electron chi connectivity index (χ3n) is 5.29. The van der Waals surface area contributed by atoms with Crippen molar-refractivity contribution in [2.24, 2.45) is 0 Å². The van der Waals surface area contributed by atoms with E-state index in [1.54, 1.807) is 4.90 Å². The molecule has 2 N–H and O–H groups in total. The van der Waals surface area contributed by atoms with E-state index in [1.165, 1.54) is 0 Å². The van der Waals surface area contributed by atoms with E-state index in [2.05, 4.69) is 29.8 Å². The number of alkyl halides is 3. The maximum absolute atomic E-state index is 13.5. The number of halogens is 3. The van der Waals surface area contributed by atoms with Crippen molar-refractivity contribution < 1.29 is 22.7 Å². The first-order valence-electron chi connectivity index (χ1n) is 11.0. The summed E-state index contributed by atoms with van der Waals surface area (Å²) >= 11 is 0. The maximum atomic E-state index is 13.5. The van der Waals surface area contributed by atoms with E-state index in [1.807, 2.05) is 25.1 Å². The highest BCUT2D eigenvalue weighted by Gasteiger charge is 2.35. The van der Waals surface area contributed by atoms with Crippen LogP contribution >= 0.6 is 9.24 Å². The number of anilines is 3. The molecule has 2 aromatic rings. The highest BCUT2D eigenvalue weighted by molar-refractivity contribution is 7.27. The van der Waals surface area contributed by atoms with Gasteiger partial charge >= 0.3 is 6.18 Å². The van der Waals surface area contributed by atoms with Crippen LogP contribution in [0.15, 0.2) is 24.4 Å². The quantitative estimate of drug-likeness (QED) is 0.440. The second kappa shape index (κ2) is 11.6. The van der Waals surface area contributed by atoms with Crippen LogP contribution in [0.5, 0.6) is 0 Å². The van der Waals surface area contributed by atoms with Gasteiger partial charge in [0.25, 0.3) is 0 Å². The molecule has 1 aromatic carbocycles. The van der Waals surface area contributed by atoms with Crippen molar-refractivity contribution in [3.63, 3.8) is 0 Å². The molecule has 0 radical (unpaired) electrons. The number of hydrogen-bond acceptors (Lipinski definition) is 6. The molecule has 1 atom stereocenters. The summed E-state index contributed by atoms with van der Waals surface area (Å²) in [7, 11) is 2.62. The number of carbonyl (C=O) groups excluding carboxylic acids is 1. The van der Waals surface area contributed by atoms with E-state index in [0.29, 0.717) is 45.6 Å². The van der Waals surface area contributed by atoms with Crippen molar-refractivity contribution in [3.05, 3.63) is 35.5 Å². The lowest BCUT2D eigenvalue weighted by molar-refractivity contribution is -0.137. The molecule has 180 valence electrons. The Labute approximate surface area is 193 Å². The zero-order valence-corrected chi connectivity index (χ0v) is 19.7. The second-order valence-corrected chi connectivity index (χ2v) is 8.39. The molecule has 33 heavy (non-hydrogen) atoms. The van der Waals surface area contributed by atoms with Crippen molar-refractivity contribution in [2.45, 2.75) is 38.8 Å². The van der Waals surface area contributed by atoms with Crippen LogP contribution in [0.25, 0.3) is 0 Å². The molecular weight excluding hydrogens is 454 g/mol. The fourth-order valence-electron chi connectivity index (χ4n) is 3.53. The molecule has 1 aliphatic heterocycles. The summed E-state index contributed by atoms with van der Waals surface area (Å²) in [4.78, 5) is 21.8. The average Bonchev–Trinajstić information content (AvgIpc) is 2.76. The van der Waals surface area contributed by atoms with E-state index in [9.17, 15) is 18.0 Å². The Morgan fingerprint density at radius 1 is 1.27 bits per heavy atom. The number of nitrogens with one attached hydrogen (secondary N) is 2. The molecule has 2 heterocycles. The second-order valence-electron chi connectivity index (χ2n) is 7.73. The van der Waals surface area contributed by atoms with Gasteiger partial charge in [0, 0.05) is 44.5 Å². The Morgan fingerprint density at radius 2 is 2.09 bits per heavy atom. The Balaban J connectivity index is 1.68. The van der Waals surface area contributed by atoms with Gasteiger partial charge < -0.3 is 20.3 Å². The number of ether oxygens (including phenoxy) is 1. The standard InChI is InChI=1S/C22H29F3N5O2P/c1-2-15-13-16(33)6-7-18(15)28-21-27-14-17(22(23,24)25)20(29-21)26-8-4-9-30-10-12-32-11-3-5-19(30)31/h6-7,13-14H,2-5,8-12,33H2,1H3,(H2,26,27,28,29). The van der Waals surface area contributed by atoms with Crippen LogP contribution in [-0.2, 0) is 22.1 Å². The monoisotopic (exact) mass is 483 g/mol. The van der Waals surface area contributed by atoms with Crippen LogP contribution in [0.2, 0.25) is 0 Å². The molecule has 0 aliphatic carbocycles. The lowest BCUT2D eigenvalue weighted by atomic mass is 10.1. The predicted molar refractivity (Wildman–Crippen MR) is 125 cm³/mol. The normalized spacial score (nSPS) is 15.2. The predicted octanol–water partition coefficient (Wildman–Crippen LogP) is 3.74. The SMILES string of the molecule is CCc1cc(P)ccc1Nc1ncc(C(F)(F)F)c(NCCCN2CCOCCCC2=O)n1. The summed E-state index contributed by atoms with van der Waals surface area (Å²) in [6, 6.07) is 5.71. The number of aryl methyl sites for hydroxylation is 1. The third kappa shape index (κ3) is 7.27. The highest BCUT2D eigenvalue weighted by Crippen LogP contribution is 2.34. The van der Waals surface area contributed by atoms with E-state index >= 15 is 0 Å². The Morgan fingerprint density at radius 3 is 2.85 bits per heavy atom. The van der Waals surface area contributed by atoms with Gasteiger partial charge in [-0.25, -0.2) is 4.98 Å². The minimum atomic E-state index is -4.59. The van der Waals surface area contributed by atoms with Crippen LogP contribution in [0.3, 0.4) is 0 Å². The van der Waals surface area contributed by atoms with Gasteiger partial charge in [0.05, 0.1) is 6.61 Å². The van der Waals surface area contributed by atoms with Gasteiger partial charge in [0.15, 0.2) is 0 Å². The molecule has 0 spiro atoms. The number of rotatable bonds is 8. The van der Waals surface area contributed by atoms with E-state index in [4.69, 9.17) is 4.74 Å². The number of amides is 1. The Hall–Kier alpha value is -2.45. The number of aromatic nitrogens is 2. The molecule has 1 aromatic heterocycles. The van der Waals surface area contributed by atoms with Crippen molar-refractivity contribution in [2.75, 3.05) is 43.5 Å². The van der Waals surface area contributed by atoms with Crippen molar-refractivity contribution in [3.8, 4) is 0 Å². The zero-order chi connectivity index (χ0) is 23.8. The first-order chi connectivity index (χ1) is 15.8. The zero-order valence-electron chi connectivity index (χ0n) is 18.5. The smallest absolute Gasteiger partial charge is 0.380 e. The topological polar surface area (TPSA) is 79.4 Å². The summed E-state index contributed by atoms with van der Waals surface area (Å²) in [5.41, 5.74) is 0.814. The molecule has 0 bridgehead atoms. The molecule has 7 nitrogen and oxygen atoms in total. The summed E-state index contributed by atoms with van der Waals surface area (Å²) in [6.07, 6.45) is -1.48. The molecule has 11 heteroatoms. The number of benzene rings is 1. The molecule has 1 saturated heterocycles. The number of carbonyl (C=O) groups is 1. The van der Waals surface area contributed by atoms with Crippen molar-refractivity contribution >= 4 is 37.9 Å². The first kappa shape index (κ1) is 25.2. The minimum Gasteiger partial charge on any atom is -0.380 e. The lowest BCUT2D eigenvalue weighted by Gasteiger charge is -2.25. The molecule has 1 unspecified atom stereocenters. The van der Waals surface area contributed by atoms with Crippen LogP contribution in [0, 0.1) is 0 Å². The molecule has 1 fully saturated rings. The lowest BCUT2D eigenvalue weighted by Crippen LogP contribution is -2.37. The van der Waals surface area contributed by atoms with Gasteiger partial charge in [0.1, 0.15) is 11.4 Å². The average molecular weight is 483 g/mol. The number of nitrogens with zero attached hydrogens (tertiary/aromatic N) is 3. The first-order valence-corrected chi connectivity index (χ1v) is 11.5. The Bertz CT molecular complexity index is 958. The third-order valence-corrected chi connectivity index (χ3v) is 5.64. The fraction of sp³-hybridized carbons (Fsp3) is 0.500. The van der Waals surface area contributed by atoms with Crippen LogP contribution in [0.4, 0.5) is 30.6 Å². The van der Waals surface area contributed by atoms with E-state index < -0.39 is 11.7 Å². The van der Waals surface area contributed by atoms with Gasteiger partial charge in [-0.1, -0.05) is 13.0 Å². The van der Waals surface area contributed by atoms with Gasteiger partial charge in [-0.3, -0.25) is 4.79 Å². The molecular formula is C22H29F3N5O2P. The van der Waals surface area contributed by atoms with E-state index in [0.717, 1.165) is 29.2 Å². The van der Waals surface area contributed by atoms with Crippen LogP contribution in [-0.4, -0.2) is 53.6 Å². The van der Waals surface area contributed by atoms with Gasteiger partial charge in [-0.15, -0.1) is 9.24 Å². The summed E-state index contributed by atoms with van der Waals surface area (Å²) in [5.74, 6) is -0.165. The molecule has 0 saturated carbocycles. The van der Waals surface area contributed by atoms with Crippen molar-refractivity contribution in [1.29, 1.82) is 0 Å². The molecule has 3 rings (SSSR count).